The maximum atomic E-state index is 12.0. The van der Waals surface area contributed by atoms with Crippen LogP contribution in [0.2, 0.25) is 0 Å². The van der Waals surface area contributed by atoms with Crippen LogP contribution in [0.5, 0.6) is 0 Å². The molecule has 1 aromatic rings. The molecule has 0 heterocycles. The van der Waals surface area contributed by atoms with Crippen molar-refractivity contribution in [1.29, 1.82) is 0 Å². The van der Waals surface area contributed by atoms with Crippen molar-refractivity contribution in [2.24, 2.45) is 5.92 Å². The van der Waals surface area contributed by atoms with Crippen LogP contribution < -0.4 is 0 Å². The highest BCUT2D eigenvalue weighted by atomic mass is 32.2. The number of benzene rings is 1. The molecule has 0 spiro atoms. The molecule has 0 aliphatic rings. The van der Waals surface area contributed by atoms with Crippen molar-refractivity contribution >= 4 is 16.8 Å². The minimum atomic E-state index is -1.09. The summed E-state index contributed by atoms with van der Waals surface area (Å²) in [4.78, 5) is 11.3. The number of ether oxygens (including phenoxy) is 1. The third-order valence-corrected chi connectivity index (χ3v) is 4.13. The molecule has 0 saturated carbocycles. The Kier molecular flexibility index (Phi) is 7.47. The lowest BCUT2D eigenvalue weighted by Gasteiger charge is -2.07. The Hall–Kier alpha value is -1.20. The molecule has 1 aromatic carbocycles. The van der Waals surface area contributed by atoms with Crippen molar-refractivity contribution in [2.75, 3.05) is 19.0 Å². The first-order chi connectivity index (χ1) is 9.49. The molecule has 1 atom stereocenters. The quantitative estimate of drug-likeness (QED) is 0.711. The summed E-state index contributed by atoms with van der Waals surface area (Å²) < 4.78 is 17.4. The van der Waals surface area contributed by atoms with Gasteiger partial charge in [-0.1, -0.05) is 26.0 Å². The van der Waals surface area contributed by atoms with Crippen LogP contribution in [0.3, 0.4) is 0 Å². The molecule has 0 bridgehead atoms. The van der Waals surface area contributed by atoms with Gasteiger partial charge < -0.3 is 9.84 Å². The predicted octanol–water partition coefficient (Wildman–Crippen LogP) is 2.48. The van der Waals surface area contributed by atoms with Crippen LogP contribution in [-0.4, -0.2) is 34.3 Å². The average Bonchev–Trinajstić information content (AvgIpc) is 2.38. The van der Waals surface area contributed by atoms with Gasteiger partial charge in [0.1, 0.15) is 0 Å². The van der Waals surface area contributed by atoms with Crippen molar-refractivity contribution in [3.05, 3.63) is 29.8 Å². The maximum absolute atomic E-state index is 12.0. The molecular weight excluding hydrogens is 276 g/mol. The largest absolute Gasteiger partial charge is 0.481 e. The first kappa shape index (κ1) is 16.9. The van der Waals surface area contributed by atoms with Gasteiger partial charge in [-0.25, -0.2) is 0 Å². The molecule has 0 amide bonds. The lowest BCUT2D eigenvalue weighted by molar-refractivity contribution is -0.136. The highest BCUT2D eigenvalue weighted by molar-refractivity contribution is 7.85. The zero-order valence-electron chi connectivity index (χ0n) is 12.0. The van der Waals surface area contributed by atoms with Gasteiger partial charge in [0, 0.05) is 11.5 Å². The SMILES string of the molecule is CC(C)CCOCCS(=O)c1ccc(CC(=O)O)cc1. The Morgan fingerprint density at radius 2 is 1.90 bits per heavy atom. The summed E-state index contributed by atoms with van der Waals surface area (Å²) in [6.07, 6.45) is 1.00. The van der Waals surface area contributed by atoms with Gasteiger partial charge in [-0.05, 0) is 30.0 Å². The zero-order valence-corrected chi connectivity index (χ0v) is 12.8. The summed E-state index contributed by atoms with van der Waals surface area (Å²) in [5.41, 5.74) is 0.714. The van der Waals surface area contributed by atoms with E-state index in [2.05, 4.69) is 13.8 Å². The van der Waals surface area contributed by atoms with E-state index in [1.54, 1.807) is 24.3 Å². The molecule has 0 radical (unpaired) electrons. The third-order valence-electron chi connectivity index (χ3n) is 2.79. The summed E-state index contributed by atoms with van der Waals surface area (Å²) in [5, 5.41) is 8.67. The zero-order chi connectivity index (χ0) is 15.0. The molecule has 4 nitrogen and oxygen atoms in total. The molecule has 0 saturated heterocycles. The van der Waals surface area contributed by atoms with Gasteiger partial charge in [0.15, 0.2) is 0 Å². The van der Waals surface area contributed by atoms with Crippen LogP contribution in [0.15, 0.2) is 29.2 Å². The fraction of sp³-hybridized carbons (Fsp3) is 0.533. The highest BCUT2D eigenvalue weighted by Gasteiger charge is 2.05. The number of carboxylic acids is 1. The van der Waals surface area contributed by atoms with E-state index in [0.29, 0.717) is 35.3 Å². The maximum Gasteiger partial charge on any atom is 0.307 e. The van der Waals surface area contributed by atoms with Crippen LogP contribution >= 0.6 is 0 Å². The number of carboxylic acid groups (broad SMARTS) is 1. The molecule has 0 aromatic heterocycles. The number of hydrogen-bond donors (Lipinski definition) is 1. The van der Waals surface area contributed by atoms with Crippen LogP contribution in [0.25, 0.3) is 0 Å². The number of hydrogen-bond acceptors (Lipinski definition) is 3. The molecule has 0 aliphatic carbocycles. The van der Waals surface area contributed by atoms with Crippen molar-refractivity contribution < 1.29 is 18.8 Å². The smallest absolute Gasteiger partial charge is 0.307 e. The topological polar surface area (TPSA) is 63.6 Å². The second-order valence-electron chi connectivity index (χ2n) is 5.06. The van der Waals surface area contributed by atoms with Gasteiger partial charge in [-0.3, -0.25) is 9.00 Å². The lowest BCUT2D eigenvalue weighted by atomic mass is 10.1. The van der Waals surface area contributed by atoms with Gasteiger partial charge in [0.25, 0.3) is 0 Å². The van der Waals surface area contributed by atoms with Gasteiger partial charge in [0.2, 0.25) is 0 Å². The normalized spacial score (nSPS) is 12.6. The molecule has 1 unspecified atom stereocenters. The fourth-order valence-electron chi connectivity index (χ4n) is 1.61. The Balaban J connectivity index is 2.34. The predicted molar refractivity (Wildman–Crippen MR) is 79.3 cm³/mol. The Morgan fingerprint density at radius 1 is 1.25 bits per heavy atom. The summed E-state index contributed by atoms with van der Waals surface area (Å²) in [6.45, 7) is 5.46. The highest BCUT2D eigenvalue weighted by Crippen LogP contribution is 2.10. The first-order valence-electron chi connectivity index (χ1n) is 6.76. The number of aliphatic carboxylic acids is 1. The van der Waals surface area contributed by atoms with E-state index in [-0.39, 0.29) is 6.42 Å². The van der Waals surface area contributed by atoms with E-state index in [4.69, 9.17) is 9.84 Å². The Labute approximate surface area is 122 Å². The molecule has 1 N–H and O–H groups in total. The summed E-state index contributed by atoms with van der Waals surface area (Å²) in [7, 11) is -1.09. The fourth-order valence-corrected chi connectivity index (χ4v) is 2.55. The van der Waals surface area contributed by atoms with Gasteiger partial charge >= 0.3 is 5.97 Å². The second kappa shape index (κ2) is 8.87. The van der Waals surface area contributed by atoms with E-state index in [1.807, 2.05) is 0 Å². The Bertz CT molecular complexity index is 440. The van der Waals surface area contributed by atoms with Gasteiger partial charge in [-0.15, -0.1) is 0 Å². The molecule has 0 aliphatic heterocycles. The van der Waals surface area contributed by atoms with Crippen molar-refractivity contribution in [2.45, 2.75) is 31.6 Å². The summed E-state index contributed by atoms with van der Waals surface area (Å²) in [6, 6.07) is 6.87. The minimum Gasteiger partial charge on any atom is -0.481 e. The van der Waals surface area contributed by atoms with Crippen molar-refractivity contribution in [3.8, 4) is 0 Å². The lowest BCUT2D eigenvalue weighted by Crippen LogP contribution is -2.08. The summed E-state index contributed by atoms with van der Waals surface area (Å²) in [5.74, 6) is 0.218. The number of rotatable bonds is 9. The monoisotopic (exact) mass is 298 g/mol. The van der Waals surface area contributed by atoms with E-state index >= 15 is 0 Å². The molecule has 20 heavy (non-hydrogen) atoms. The Morgan fingerprint density at radius 3 is 2.45 bits per heavy atom. The van der Waals surface area contributed by atoms with E-state index < -0.39 is 16.8 Å². The van der Waals surface area contributed by atoms with Gasteiger partial charge in [0.05, 0.1) is 29.6 Å². The number of carbonyl (C=O) groups is 1. The standard InChI is InChI=1S/C15H22O4S/c1-12(2)7-8-19-9-10-20(18)14-5-3-13(4-6-14)11-15(16)17/h3-6,12H,7-11H2,1-2H3,(H,16,17). The molecule has 0 fully saturated rings. The minimum absolute atomic E-state index is 0.00870. The second-order valence-corrected chi connectivity index (χ2v) is 6.63. The molecule has 112 valence electrons. The van der Waals surface area contributed by atoms with E-state index in [0.717, 1.165) is 6.42 Å². The molecule has 1 rings (SSSR count). The molecular formula is C15H22O4S. The third kappa shape index (κ3) is 6.82. The molecule has 5 heteroatoms. The van der Waals surface area contributed by atoms with Crippen molar-refractivity contribution in [1.82, 2.24) is 0 Å². The van der Waals surface area contributed by atoms with Crippen LogP contribution in [0.1, 0.15) is 25.8 Å². The average molecular weight is 298 g/mol. The first-order valence-corrected chi connectivity index (χ1v) is 8.07. The van der Waals surface area contributed by atoms with Crippen molar-refractivity contribution in [3.63, 3.8) is 0 Å². The van der Waals surface area contributed by atoms with Crippen LogP contribution in [0.4, 0.5) is 0 Å². The van der Waals surface area contributed by atoms with Gasteiger partial charge in [-0.2, -0.15) is 0 Å². The van der Waals surface area contributed by atoms with Crippen LogP contribution in [0, 0.1) is 5.92 Å². The summed E-state index contributed by atoms with van der Waals surface area (Å²) >= 11 is 0. The van der Waals surface area contributed by atoms with Crippen LogP contribution in [-0.2, 0) is 26.8 Å². The van der Waals surface area contributed by atoms with E-state index in [9.17, 15) is 9.00 Å². The van der Waals surface area contributed by atoms with E-state index in [1.165, 1.54) is 0 Å².